The molecule has 218 valence electrons. The maximum absolute atomic E-state index is 14.1. The van der Waals surface area contributed by atoms with Gasteiger partial charge >= 0.3 is 0 Å². The number of fused-ring (bicyclic) bond motifs is 1. The van der Waals surface area contributed by atoms with Gasteiger partial charge in [-0.2, -0.15) is 9.97 Å². The first-order valence-electron chi connectivity index (χ1n) is 14.4. The molecule has 1 N–H and O–H groups in total. The molecule has 1 saturated heterocycles. The molecule has 40 heavy (non-hydrogen) atoms. The Kier molecular flexibility index (Phi) is 9.44. The SMILES string of the molecule is COCCN(C(C)C)C1CCC(CNc2nc(N3CCOCC3)cc(-n3c(C(F)F)nc4ccccc43)n2)CC1. The zero-order valence-electron chi connectivity index (χ0n) is 23.7. The monoisotopic (exact) mass is 557 g/mol. The quantitative estimate of drug-likeness (QED) is 0.356. The van der Waals surface area contributed by atoms with E-state index < -0.39 is 6.43 Å². The first kappa shape index (κ1) is 28.6. The highest BCUT2D eigenvalue weighted by atomic mass is 19.3. The van der Waals surface area contributed by atoms with Crippen molar-refractivity contribution in [2.75, 3.05) is 63.3 Å². The van der Waals surface area contributed by atoms with Crippen LogP contribution in [0.25, 0.3) is 16.9 Å². The van der Waals surface area contributed by atoms with Gasteiger partial charge in [0.2, 0.25) is 5.95 Å². The Hall–Kier alpha value is -2.89. The molecule has 1 aliphatic heterocycles. The normalized spacial score (nSPS) is 20.2. The van der Waals surface area contributed by atoms with Crippen LogP contribution in [0.3, 0.4) is 0 Å². The number of nitrogens with one attached hydrogen (secondary N) is 1. The number of halogens is 2. The van der Waals surface area contributed by atoms with E-state index >= 15 is 0 Å². The Labute approximate surface area is 234 Å². The summed E-state index contributed by atoms with van der Waals surface area (Å²) in [5.41, 5.74) is 1.11. The zero-order valence-corrected chi connectivity index (χ0v) is 23.7. The summed E-state index contributed by atoms with van der Waals surface area (Å²) in [7, 11) is 1.76. The number of anilines is 2. The van der Waals surface area contributed by atoms with Gasteiger partial charge < -0.3 is 19.7 Å². The van der Waals surface area contributed by atoms with Crippen molar-refractivity contribution in [3.8, 4) is 5.82 Å². The van der Waals surface area contributed by atoms with Crippen LogP contribution in [0.15, 0.2) is 30.3 Å². The number of para-hydroxylation sites is 2. The molecule has 1 saturated carbocycles. The van der Waals surface area contributed by atoms with Gasteiger partial charge in [0.05, 0.1) is 30.9 Å². The summed E-state index contributed by atoms with van der Waals surface area (Å²) < 4.78 is 40.6. The molecule has 2 fully saturated rings. The van der Waals surface area contributed by atoms with Crippen LogP contribution in [0.2, 0.25) is 0 Å². The fourth-order valence-electron chi connectivity index (χ4n) is 5.98. The molecule has 0 unspecified atom stereocenters. The third-order valence-electron chi connectivity index (χ3n) is 8.10. The number of alkyl halides is 2. The molecule has 3 heterocycles. The third-order valence-corrected chi connectivity index (χ3v) is 8.10. The van der Waals surface area contributed by atoms with Gasteiger partial charge in [-0.25, -0.2) is 13.8 Å². The van der Waals surface area contributed by atoms with Crippen LogP contribution < -0.4 is 10.2 Å². The predicted octanol–water partition coefficient (Wildman–Crippen LogP) is 4.92. The van der Waals surface area contributed by atoms with Gasteiger partial charge in [0.15, 0.2) is 5.82 Å². The topological polar surface area (TPSA) is 80.6 Å². The highest BCUT2D eigenvalue weighted by molar-refractivity contribution is 5.78. The molecule has 3 aromatic rings. The van der Waals surface area contributed by atoms with Crippen LogP contribution in [-0.4, -0.2) is 89.6 Å². The van der Waals surface area contributed by atoms with E-state index in [1.807, 2.05) is 6.07 Å². The summed E-state index contributed by atoms with van der Waals surface area (Å²) in [5, 5.41) is 3.46. The van der Waals surface area contributed by atoms with Crippen LogP contribution in [0, 0.1) is 5.92 Å². The maximum atomic E-state index is 14.1. The molecule has 0 bridgehead atoms. The lowest BCUT2D eigenvalue weighted by Gasteiger charge is -2.39. The molecule has 5 rings (SSSR count). The standard InChI is InChI=1S/C29H41F2N7O2/c1-20(2)37(14-15-39-3)22-10-8-21(9-11-22)19-32-29-34-25(36-12-16-40-17-13-36)18-26(35-29)38-24-7-5-4-6-23(24)33-28(38)27(30)31/h4-7,18,20-22,27H,8-17,19H2,1-3H3,(H,32,34,35). The fourth-order valence-corrected chi connectivity index (χ4v) is 5.98. The minimum atomic E-state index is -2.74. The lowest BCUT2D eigenvalue weighted by molar-refractivity contribution is 0.0710. The van der Waals surface area contributed by atoms with E-state index in [-0.39, 0.29) is 5.82 Å². The molecule has 0 spiro atoms. The molecule has 1 aliphatic carbocycles. The molecule has 0 atom stereocenters. The summed E-state index contributed by atoms with van der Waals surface area (Å²) in [6, 6.07) is 10.0. The van der Waals surface area contributed by atoms with Crippen LogP contribution in [-0.2, 0) is 9.47 Å². The Bertz CT molecular complexity index is 1240. The van der Waals surface area contributed by atoms with E-state index in [2.05, 4.69) is 33.9 Å². The number of hydrogen-bond donors (Lipinski definition) is 1. The molecule has 2 aliphatic rings. The number of hydrogen-bond acceptors (Lipinski definition) is 8. The number of ether oxygens (including phenoxy) is 2. The van der Waals surface area contributed by atoms with E-state index in [9.17, 15) is 8.78 Å². The predicted molar refractivity (Wildman–Crippen MR) is 153 cm³/mol. The largest absolute Gasteiger partial charge is 0.383 e. The zero-order chi connectivity index (χ0) is 28.1. The van der Waals surface area contributed by atoms with E-state index in [0.717, 1.165) is 45.4 Å². The minimum Gasteiger partial charge on any atom is -0.383 e. The fraction of sp³-hybridized carbons (Fsp3) is 0.621. The molecular weight excluding hydrogens is 516 g/mol. The van der Waals surface area contributed by atoms with Crippen molar-refractivity contribution in [3.63, 3.8) is 0 Å². The Morgan fingerprint density at radius 1 is 1.05 bits per heavy atom. The van der Waals surface area contributed by atoms with Crippen LogP contribution in [0.5, 0.6) is 0 Å². The van der Waals surface area contributed by atoms with Gasteiger partial charge in [0, 0.05) is 51.4 Å². The number of benzene rings is 1. The second-order valence-electron chi connectivity index (χ2n) is 11.0. The Balaban J connectivity index is 1.36. The highest BCUT2D eigenvalue weighted by Crippen LogP contribution is 2.31. The van der Waals surface area contributed by atoms with Gasteiger partial charge in [-0.05, 0) is 57.6 Å². The maximum Gasteiger partial charge on any atom is 0.296 e. The van der Waals surface area contributed by atoms with Crippen LogP contribution in [0.1, 0.15) is 51.8 Å². The van der Waals surface area contributed by atoms with Crippen molar-refractivity contribution >= 4 is 22.8 Å². The minimum absolute atomic E-state index is 0.319. The van der Waals surface area contributed by atoms with Gasteiger partial charge in [0.1, 0.15) is 11.6 Å². The van der Waals surface area contributed by atoms with Crippen LogP contribution >= 0.6 is 0 Å². The molecule has 1 aromatic carbocycles. The average Bonchev–Trinajstić information content (AvgIpc) is 3.37. The lowest BCUT2D eigenvalue weighted by Crippen LogP contribution is -2.44. The molecular formula is C29H41F2N7O2. The summed E-state index contributed by atoms with van der Waals surface area (Å²) >= 11 is 0. The summed E-state index contributed by atoms with van der Waals surface area (Å²) in [6.07, 6.45) is 1.78. The van der Waals surface area contributed by atoms with Crippen LogP contribution in [0.4, 0.5) is 20.5 Å². The number of rotatable bonds is 11. The summed E-state index contributed by atoms with van der Waals surface area (Å²) in [5.74, 6) is 1.71. The van der Waals surface area contributed by atoms with E-state index in [1.165, 1.54) is 4.57 Å². The lowest BCUT2D eigenvalue weighted by atomic mass is 9.85. The van der Waals surface area contributed by atoms with Crippen molar-refractivity contribution in [1.29, 1.82) is 0 Å². The second kappa shape index (κ2) is 13.2. The van der Waals surface area contributed by atoms with Gasteiger partial charge in [-0.3, -0.25) is 9.47 Å². The number of nitrogens with zero attached hydrogens (tertiary/aromatic N) is 6. The third kappa shape index (κ3) is 6.53. The number of aromatic nitrogens is 4. The summed E-state index contributed by atoms with van der Waals surface area (Å²) in [6.45, 7) is 9.51. The first-order valence-corrected chi connectivity index (χ1v) is 14.4. The average molecular weight is 558 g/mol. The van der Waals surface area contributed by atoms with E-state index in [0.29, 0.717) is 72.9 Å². The Morgan fingerprint density at radius 3 is 2.48 bits per heavy atom. The van der Waals surface area contributed by atoms with Crippen molar-refractivity contribution in [3.05, 3.63) is 36.2 Å². The number of imidazole rings is 1. The van der Waals surface area contributed by atoms with Gasteiger partial charge in [0.25, 0.3) is 6.43 Å². The first-order chi connectivity index (χ1) is 19.4. The Morgan fingerprint density at radius 2 is 1.77 bits per heavy atom. The smallest absolute Gasteiger partial charge is 0.296 e. The van der Waals surface area contributed by atoms with E-state index in [4.69, 9.17) is 19.4 Å². The molecule has 9 nitrogen and oxygen atoms in total. The van der Waals surface area contributed by atoms with Gasteiger partial charge in [-0.1, -0.05) is 12.1 Å². The van der Waals surface area contributed by atoms with Crippen molar-refractivity contribution in [1.82, 2.24) is 24.4 Å². The highest BCUT2D eigenvalue weighted by Gasteiger charge is 2.28. The molecule has 2 aromatic heterocycles. The molecule has 0 amide bonds. The van der Waals surface area contributed by atoms with Crippen molar-refractivity contribution in [2.24, 2.45) is 5.92 Å². The number of methoxy groups -OCH3 is 1. The molecule has 0 radical (unpaired) electrons. The molecule has 11 heteroatoms. The summed E-state index contributed by atoms with van der Waals surface area (Å²) in [4.78, 5) is 18.4. The van der Waals surface area contributed by atoms with Gasteiger partial charge in [-0.15, -0.1) is 0 Å². The van der Waals surface area contributed by atoms with Crippen molar-refractivity contribution in [2.45, 2.75) is 58.0 Å². The second-order valence-corrected chi connectivity index (χ2v) is 11.0. The van der Waals surface area contributed by atoms with Crippen molar-refractivity contribution < 1.29 is 18.3 Å². The van der Waals surface area contributed by atoms with E-state index in [1.54, 1.807) is 31.4 Å². The number of morpholine rings is 1.